The molecule has 1 aromatic heterocycles. The lowest BCUT2D eigenvalue weighted by molar-refractivity contribution is 0.0624. The van der Waals surface area contributed by atoms with Crippen LogP contribution in [-0.4, -0.2) is 53.4 Å². The van der Waals surface area contributed by atoms with Gasteiger partial charge in [-0.2, -0.15) is 0 Å². The minimum atomic E-state index is 0. The van der Waals surface area contributed by atoms with Crippen molar-refractivity contribution in [3.8, 4) is 0 Å². The van der Waals surface area contributed by atoms with E-state index in [0.29, 0.717) is 5.69 Å². The molecule has 0 spiro atoms. The van der Waals surface area contributed by atoms with Crippen molar-refractivity contribution in [2.45, 2.75) is 13.0 Å². The summed E-state index contributed by atoms with van der Waals surface area (Å²) in [6.45, 7) is 5.36. The van der Waals surface area contributed by atoms with Crippen molar-refractivity contribution in [2.24, 2.45) is 0 Å². The summed E-state index contributed by atoms with van der Waals surface area (Å²) in [5.74, 6) is 0.105. The summed E-state index contributed by atoms with van der Waals surface area (Å²) in [6.07, 6.45) is 1.12. The molecule has 3 heterocycles. The maximum absolute atomic E-state index is 12.9. The highest BCUT2D eigenvalue weighted by atomic mass is 35.5. The SMILES string of the molecule is Cl.O=C(c1cc2ccccc2[nH]1)N1CCN(Cc2cccc3c2NCC3)CC1. The van der Waals surface area contributed by atoms with Crippen molar-refractivity contribution in [3.05, 3.63) is 65.4 Å². The molecule has 0 atom stereocenters. The summed E-state index contributed by atoms with van der Waals surface area (Å²) < 4.78 is 0. The molecule has 146 valence electrons. The fourth-order valence-corrected chi connectivity index (χ4v) is 4.25. The van der Waals surface area contributed by atoms with Crippen molar-refractivity contribution in [2.75, 3.05) is 38.0 Å². The summed E-state index contributed by atoms with van der Waals surface area (Å²) in [7, 11) is 0. The Hall–Kier alpha value is -2.50. The van der Waals surface area contributed by atoms with Crippen LogP contribution < -0.4 is 5.32 Å². The van der Waals surface area contributed by atoms with Crippen LogP contribution in [0, 0.1) is 0 Å². The number of carbonyl (C=O) groups is 1. The third-order valence-corrected chi connectivity index (χ3v) is 5.75. The van der Waals surface area contributed by atoms with Gasteiger partial charge in [-0.25, -0.2) is 0 Å². The van der Waals surface area contributed by atoms with E-state index in [2.05, 4.69) is 33.4 Å². The minimum Gasteiger partial charge on any atom is -0.384 e. The quantitative estimate of drug-likeness (QED) is 0.712. The monoisotopic (exact) mass is 396 g/mol. The molecule has 0 radical (unpaired) electrons. The number of amides is 1. The van der Waals surface area contributed by atoms with Crippen molar-refractivity contribution in [1.29, 1.82) is 0 Å². The number of piperazine rings is 1. The van der Waals surface area contributed by atoms with Gasteiger partial charge in [0.2, 0.25) is 0 Å². The molecule has 2 N–H and O–H groups in total. The molecule has 0 saturated carbocycles. The Labute approximate surface area is 171 Å². The Kier molecular flexibility index (Phi) is 5.29. The second kappa shape index (κ2) is 7.86. The number of hydrogen-bond donors (Lipinski definition) is 2. The first-order valence-electron chi connectivity index (χ1n) is 9.72. The predicted octanol–water partition coefficient (Wildman–Crippen LogP) is 3.52. The van der Waals surface area contributed by atoms with E-state index < -0.39 is 0 Å². The third kappa shape index (κ3) is 3.48. The molecule has 2 aliphatic heterocycles. The lowest BCUT2D eigenvalue weighted by Crippen LogP contribution is -2.48. The van der Waals surface area contributed by atoms with E-state index in [0.717, 1.165) is 56.6 Å². The second-order valence-corrected chi connectivity index (χ2v) is 7.47. The fourth-order valence-electron chi connectivity index (χ4n) is 4.25. The summed E-state index contributed by atoms with van der Waals surface area (Å²) in [4.78, 5) is 20.5. The zero-order valence-electron chi connectivity index (χ0n) is 15.8. The second-order valence-electron chi connectivity index (χ2n) is 7.47. The van der Waals surface area contributed by atoms with Gasteiger partial charge in [0.25, 0.3) is 5.91 Å². The van der Waals surface area contributed by atoms with Gasteiger partial charge >= 0.3 is 0 Å². The number of hydrogen-bond acceptors (Lipinski definition) is 3. The molecule has 3 aromatic rings. The van der Waals surface area contributed by atoms with Gasteiger partial charge in [0.05, 0.1) is 0 Å². The highest BCUT2D eigenvalue weighted by molar-refractivity contribution is 5.98. The van der Waals surface area contributed by atoms with Gasteiger partial charge in [-0.15, -0.1) is 12.4 Å². The van der Waals surface area contributed by atoms with Crippen LogP contribution in [0.4, 0.5) is 5.69 Å². The lowest BCUT2D eigenvalue weighted by Gasteiger charge is -2.34. The summed E-state index contributed by atoms with van der Waals surface area (Å²) >= 11 is 0. The standard InChI is InChI=1S/C22H24N4O.ClH/c27-22(20-14-17-4-1-2-7-19(17)24-20)26-12-10-25(11-13-26)15-18-6-3-5-16-8-9-23-21(16)18;/h1-7,14,23-24H,8-13,15H2;1H. The number of para-hydroxylation sites is 2. The smallest absolute Gasteiger partial charge is 0.270 e. The van der Waals surface area contributed by atoms with Crippen LogP contribution in [0.15, 0.2) is 48.5 Å². The number of H-pyrrole nitrogens is 1. The molecule has 0 unspecified atom stereocenters. The van der Waals surface area contributed by atoms with Gasteiger partial charge in [0.1, 0.15) is 5.69 Å². The van der Waals surface area contributed by atoms with E-state index in [9.17, 15) is 4.79 Å². The minimum absolute atomic E-state index is 0. The van der Waals surface area contributed by atoms with Gasteiger partial charge in [0, 0.05) is 55.9 Å². The normalized spacial score (nSPS) is 16.5. The highest BCUT2D eigenvalue weighted by Crippen LogP contribution is 2.27. The Balaban J connectivity index is 0.00000192. The van der Waals surface area contributed by atoms with Crippen LogP contribution >= 0.6 is 12.4 Å². The van der Waals surface area contributed by atoms with Crippen molar-refractivity contribution in [3.63, 3.8) is 0 Å². The van der Waals surface area contributed by atoms with E-state index in [1.54, 1.807) is 0 Å². The van der Waals surface area contributed by atoms with Gasteiger partial charge < -0.3 is 15.2 Å². The molecular formula is C22H25ClN4O. The number of anilines is 1. The zero-order chi connectivity index (χ0) is 18.2. The molecule has 1 fully saturated rings. The van der Waals surface area contributed by atoms with Crippen LogP contribution in [0.3, 0.4) is 0 Å². The molecule has 0 bridgehead atoms. The largest absolute Gasteiger partial charge is 0.384 e. The third-order valence-electron chi connectivity index (χ3n) is 5.75. The summed E-state index contributed by atoms with van der Waals surface area (Å²) in [5.41, 5.74) is 5.84. The first kappa shape index (κ1) is 18.8. The number of fused-ring (bicyclic) bond motifs is 2. The molecule has 28 heavy (non-hydrogen) atoms. The van der Waals surface area contributed by atoms with Crippen LogP contribution in [-0.2, 0) is 13.0 Å². The molecular weight excluding hydrogens is 372 g/mol. The van der Waals surface area contributed by atoms with E-state index in [-0.39, 0.29) is 18.3 Å². The average Bonchev–Trinajstić information content (AvgIpc) is 3.35. The van der Waals surface area contributed by atoms with Crippen molar-refractivity contribution < 1.29 is 4.79 Å². The summed E-state index contributed by atoms with van der Waals surface area (Å²) in [5, 5.41) is 4.61. The van der Waals surface area contributed by atoms with Gasteiger partial charge in [0.15, 0.2) is 0 Å². The summed E-state index contributed by atoms with van der Waals surface area (Å²) in [6, 6.07) is 16.6. The van der Waals surface area contributed by atoms with Crippen LogP contribution in [0.1, 0.15) is 21.6 Å². The molecule has 5 nitrogen and oxygen atoms in total. The first-order valence-corrected chi connectivity index (χ1v) is 9.72. The number of nitrogens with one attached hydrogen (secondary N) is 2. The zero-order valence-corrected chi connectivity index (χ0v) is 16.6. The molecule has 1 amide bonds. The number of aromatic amines is 1. The van der Waals surface area contributed by atoms with Gasteiger partial charge in [-0.1, -0.05) is 36.4 Å². The van der Waals surface area contributed by atoms with Crippen molar-refractivity contribution >= 4 is 34.9 Å². The number of rotatable bonds is 3. The Morgan fingerprint density at radius 2 is 1.82 bits per heavy atom. The highest BCUT2D eigenvalue weighted by Gasteiger charge is 2.24. The van der Waals surface area contributed by atoms with E-state index in [1.165, 1.54) is 16.8 Å². The lowest BCUT2D eigenvalue weighted by atomic mass is 10.1. The number of nitrogens with zero attached hydrogens (tertiary/aromatic N) is 2. The molecule has 2 aliphatic rings. The van der Waals surface area contributed by atoms with Crippen LogP contribution in [0.5, 0.6) is 0 Å². The topological polar surface area (TPSA) is 51.4 Å². The Morgan fingerprint density at radius 3 is 2.64 bits per heavy atom. The van der Waals surface area contributed by atoms with Crippen LogP contribution in [0.2, 0.25) is 0 Å². The Bertz CT molecular complexity index is 958. The van der Waals surface area contributed by atoms with E-state index in [1.807, 2.05) is 35.2 Å². The molecule has 6 heteroatoms. The van der Waals surface area contributed by atoms with Gasteiger partial charge in [-0.05, 0) is 29.7 Å². The predicted molar refractivity (Wildman–Crippen MR) is 115 cm³/mol. The molecule has 5 rings (SSSR count). The maximum Gasteiger partial charge on any atom is 0.270 e. The number of aromatic nitrogens is 1. The molecule has 1 saturated heterocycles. The maximum atomic E-state index is 12.9. The fraction of sp³-hybridized carbons (Fsp3) is 0.318. The van der Waals surface area contributed by atoms with Gasteiger partial charge in [-0.3, -0.25) is 9.69 Å². The van der Waals surface area contributed by atoms with Crippen molar-refractivity contribution in [1.82, 2.24) is 14.8 Å². The Morgan fingerprint density at radius 1 is 1.00 bits per heavy atom. The van der Waals surface area contributed by atoms with Crippen LogP contribution in [0.25, 0.3) is 10.9 Å². The number of benzene rings is 2. The number of halogens is 1. The molecule has 2 aromatic carbocycles. The average molecular weight is 397 g/mol. The number of carbonyl (C=O) groups excluding carboxylic acids is 1. The van der Waals surface area contributed by atoms with E-state index in [4.69, 9.17) is 0 Å². The molecule has 0 aliphatic carbocycles. The van der Waals surface area contributed by atoms with E-state index >= 15 is 0 Å². The first-order chi connectivity index (χ1) is 13.3.